The summed E-state index contributed by atoms with van der Waals surface area (Å²) in [6.45, 7) is 6.18. The zero-order valence-electron chi connectivity index (χ0n) is 9.92. The van der Waals surface area contributed by atoms with Crippen molar-refractivity contribution in [1.82, 2.24) is 9.88 Å². The molecule has 0 saturated carbocycles. The Morgan fingerprint density at radius 3 is 2.56 bits per heavy atom. The topological polar surface area (TPSA) is 62.1 Å². The van der Waals surface area contributed by atoms with E-state index in [2.05, 4.69) is 18.8 Å². The zero-order chi connectivity index (χ0) is 11.8. The van der Waals surface area contributed by atoms with E-state index in [0.717, 1.165) is 25.9 Å². The Morgan fingerprint density at radius 2 is 2.06 bits per heavy atom. The first-order valence-electron chi connectivity index (χ1n) is 5.71. The number of amides is 1. The first-order valence-corrected chi connectivity index (χ1v) is 5.71. The van der Waals surface area contributed by atoms with Crippen LogP contribution in [0.2, 0.25) is 0 Å². The van der Waals surface area contributed by atoms with Gasteiger partial charge in [-0.15, -0.1) is 0 Å². The smallest absolute Gasteiger partial charge is 0.270 e. The second kappa shape index (κ2) is 3.85. The maximum absolute atomic E-state index is 12.1. The molecule has 0 aromatic carbocycles. The van der Waals surface area contributed by atoms with E-state index >= 15 is 0 Å². The summed E-state index contributed by atoms with van der Waals surface area (Å²) in [5.74, 6) is 0.0622. The Kier molecular flexibility index (Phi) is 2.66. The van der Waals surface area contributed by atoms with Gasteiger partial charge in [-0.3, -0.25) is 4.79 Å². The fourth-order valence-electron chi connectivity index (χ4n) is 2.02. The van der Waals surface area contributed by atoms with Gasteiger partial charge < -0.3 is 15.6 Å². The van der Waals surface area contributed by atoms with Crippen molar-refractivity contribution in [3.63, 3.8) is 0 Å². The second-order valence-corrected chi connectivity index (χ2v) is 5.30. The first-order chi connectivity index (χ1) is 7.48. The van der Waals surface area contributed by atoms with E-state index in [-0.39, 0.29) is 5.91 Å². The second-order valence-electron chi connectivity index (χ2n) is 5.30. The van der Waals surface area contributed by atoms with Gasteiger partial charge in [0.05, 0.1) is 0 Å². The van der Waals surface area contributed by atoms with Gasteiger partial charge in [0, 0.05) is 25.0 Å². The van der Waals surface area contributed by atoms with Crippen molar-refractivity contribution < 1.29 is 4.79 Å². The number of rotatable bonds is 1. The summed E-state index contributed by atoms with van der Waals surface area (Å²) in [7, 11) is 0. The molecule has 16 heavy (non-hydrogen) atoms. The predicted octanol–water partition coefficient (Wildman–Crippen LogP) is 1.86. The number of hydrogen-bond acceptors (Lipinski definition) is 2. The number of carbonyl (C=O) groups is 1. The van der Waals surface area contributed by atoms with Crippen molar-refractivity contribution in [2.75, 3.05) is 18.8 Å². The van der Waals surface area contributed by atoms with Crippen molar-refractivity contribution in [1.29, 1.82) is 0 Å². The van der Waals surface area contributed by atoms with Crippen molar-refractivity contribution >= 4 is 11.6 Å². The first kappa shape index (κ1) is 11.0. The monoisotopic (exact) mass is 221 g/mol. The van der Waals surface area contributed by atoms with Crippen molar-refractivity contribution in [3.05, 3.63) is 18.0 Å². The van der Waals surface area contributed by atoms with Crippen LogP contribution in [0.5, 0.6) is 0 Å². The van der Waals surface area contributed by atoms with Gasteiger partial charge in [0.15, 0.2) is 0 Å². The minimum atomic E-state index is 0.0622. The molecule has 0 atom stereocenters. The lowest BCUT2D eigenvalue weighted by Crippen LogP contribution is -2.41. The van der Waals surface area contributed by atoms with Gasteiger partial charge in [0.1, 0.15) is 5.69 Å². The number of H-pyrrole nitrogens is 1. The lowest BCUT2D eigenvalue weighted by Gasteiger charge is -2.36. The molecule has 1 fully saturated rings. The molecule has 1 aromatic rings. The summed E-state index contributed by atoms with van der Waals surface area (Å²) in [5.41, 5.74) is 7.16. The number of hydrogen-bond donors (Lipinski definition) is 2. The number of carbonyl (C=O) groups excluding carboxylic acids is 1. The van der Waals surface area contributed by atoms with Gasteiger partial charge in [-0.1, -0.05) is 13.8 Å². The van der Waals surface area contributed by atoms with Crippen LogP contribution >= 0.6 is 0 Å². The highest BCUT2D eigenvalue weighted by molar-refractivity contribution is 5.93. The highest BCUT2D eigenvalue weighted by Crippen LogP contribution is 2.30. The number of nitrogens with one attached hydrogen (secondary N) is 1. The third-order valence-corrected chi connectivity index (χ3v) is 3.34. The number of likely N-dealkylation sites (tertiary alicyclic amines) is 1. The standard InChI is InChI=1S/C12H19N3O/c1-12(2)3-5-15(6-4-12)11(16)10-7-9(13)8-14-10/h7-8,14H,3-6,13H2,1-2H3. The Labute approximate surface area is 95.8 Å². The lowest BCUT2D eigenvalue weighted by molar-refractivity contribution is 0.0625. The SMILES string of the molecule is CC1(C)CCN(C(=O)c2cc(N)c[nH]2)CC1. The van der Waals surface area contributed by atoms with Crippen molar-refractivity contribution in [2.45, 2.75) is 26.7 Å². The molecule has 3 N–H and O–H groups in total. The summed E-state index contributed by atoms with van der Waals surface area (Å²) >= 11 is 0. The van der Waals surface area contributed by atoms with E-state index < -0.39 is 0 Å². The minimum absolute atomic E-state index is 0.0622. The average Bonchev–Trinajstić information content (AvgIpc) is 2.64. The molecule has 0 radical (unpaired) electrons. The molecule has 88 valence electrons. The van der Waals surface area contributed by atoms with Crippen LogP contribution in [0, 0.1) is 5.41 Å². The molecule has 1 aliphatic rings. The van der Waals surface area contributed by atoms with Crippen LogP contribution in [0.1, 0.15) is 37.2 Å². The predicted molar refractivity (Wildman–Crippen MR) is 64.1 cm³/mol. The number of aromatic nitrogens is 1. The van der Waals surface area contributed by atoms with Crippen molar-refractivity contribution in [2.24, 2.45) is 5.41 Å². The molecule has 2 rings (SSSR count). The minimum Gasteiger partial charge on any atom is -0.397 e. The molecule has 1 saturated heterocycles. The Bertz CT molecular complexity index is 385. The van der Waals surface area contributed by atoms with E-state index in [0.29, 0.717) is 16.8 Å². The number of nitrogen functional groups attached to an aromatic ring is 1. The van der Waals surface area contributed by atoms with E-state index in [9.17, 15) is 4.79 Å². The fraction of sp³-hybridized carbons (Fsp3) is 0.583. The molecule has 0 spiro atoms. The van der Waals surface area contributed by atoms with Gasteiger partial charge in [0.2, 0.25) is 0 Å². The molecule has 4 nitrogen and oxygen atoms in total. The molecule has 4 heteroatoms. The number of anilines is 1. The molecular weight excluding hydrogens is 202 g/mol. The summed E-state index contributed by atoms with van der Waals surface area (Å²) < 4.78 is 0. The fourth-order valence-corrected chi connectivity index (χ4v) is 2.02. The summed E-state index contributed by atoms with van der Waals surface area (Å²) in [6, 6.07) is 1.70. The molecule has 1 aromatic heterocycles. The normalized spacial score (nSPS) is 19.8. The van der Waals surface area contributed by atoms with E-state index in [1.807, 2.05) is 4.90 Å². The Hall–Kier alpha value is -1.45. The third kappa shape index (κ3) is 2.21. The van der Waals surface area contributed by atoms with E-state index in [4.69, 9.17) is 5.73 Å². The van der Waals surface area contributed by atoms with E-state index in [1.165, 1.54) is 0 Å². The molecule has 1 amide bonds. The van der Waals surface area contributed by atoms with Gasteiger partial charge in [-0.25, -0.2) is 0 Å². The molecule has 2 heterocycles. The summed E-state index contributed by atoms with van der Waals surface area (Å²) in [5, 5.41) is 0. The van der Waals surface area contributed by atoms with E-state index in [1.54, 1.807) is 12.3 Å². The average molecular weight is 221 g/mol. The van der Waals surface area contributed by atoms with Crippen LogP contribution in [0.15, 0.2) is 12.3 Å². The lowest BCUT2D eigenvalue weighted by atomic mass is 9.82. The van der Waals surface area contributed by atoms with Gasteiger partial charge in [-0.2, -0.15) is 0 Å². The van der Waals surface area contributed by atoms with Crippen LogP contribution in [0.25, 0.3) is 0 Å². The third-order valence-electron chi connectivity index (χ3n) is 3.34. The highest BCUT2D eigenvalue weighted by Gasteiger charge is 2.28. The Morgan fingerprint density at radius 1 is 1.44 bits per heavy atom. The molecule has 1 aliphatic heterocycles. The quantitative estimate of drug-likeness (QED) is 0.760. The molecular formula is C12H19N3O. The van der Waals surface area contributed by atoms with Crippen LogP contribution in [0.4, 0.5) is 5.69 Å². The zero-order valence-corrected chi connectivity index (χ0v) is 9.92. The van der Waals surface area contributed by atoms with Gasteiger partial charge in [0.25, 0.3) is 5.91 Å². The number of nitrogens with zero attached hydrogens (tertiary/aromatic N) is 1. The van der Waals surface area contributed by atoms with Crippen LogP contribution < -0.4 is 5.73 Å². The maximum atomic E-state index is 12.1. The molecule has 0 unspecified atom stereocenters. The molecule has 0 aliphatic carbocycles. The molecule has 0 bridgehead atoms. The number of aromatic amines is 1. The highest BCUT2D eigenvalue weighted by atomic mass is 16.2. The largest absolute Gasteiger partial charge is 0.397 e. The summed E-state index contributed by atoms with van der Waals surface area (Å²) in [6.07, 6.45) is 3.78. The van der Waals surface area contributed by atoms with Gasteiger partial charge in [-0.05, 0) is 24.3 Å². The Balaban J connectivity index is 2.02. The van der Waals surface area contributed by atoms with Crippen LogP contribution in [-0.4, -0.2) is 28.9 Å². The summed E-state index contributed by atoms with van der Waals surface area (Å²) in [4.78, 5) is 16.9. The van der Waals surface area contributed by atoms with Crippen molar-refractivity contribution in [3.8, 4) is 0 Å². The number of piperidine rings is 1. The maximum Gasteiger partial charge on any atom is 0.270 e. The van der Waals surface area contributed by atoms with Gasteiger partial charge >= 0.3 is 0 Å². The van der Waals surface area contributed by atoms with Crippen LogP contribution in [0.3, 0.4) is 0 Å². The van der Waals surface area contributed by atoms with Crippen LogP contribution in [-0.2, 0) is 0 Å². The number of nitrogens with two attached hydrogens (primary N) is 1.